The van der Waals surface area contributed by atoms with E-state index in [1.165, 1.54) is 6.26 Å². The maximum Gasteiger partial charge on any atom is 0.297 e. The van der Waals surface area contributed by atoms with Crippen molar-refractivity contribution < 1.29 is 14.3 Å². The van der Waals surface area contributed by atoms with E-state index in [9.17, 15) is 9.59 Å². The van der Waals surface area contributed by atoms with Crippen LogP contribution in [0, 0.1) is 6.92 Å². The van der Waals surface area contributed by atoms with Gasteiger partial charge in [0.2, 0.25) is 0 Å². The number of aryl methyl sites for hydroxylation is 1. The molecule has 5 nitrogen and oxygen atoms in total. The number of amidine groups is 1. The number of benzene rings is 2. The first-order valence-corrected chi connectivity index (χ1v) is 8.97. The molecule has 0 unspecified atom stereocenters. The van der Waals surface area contributed by atoms with Crippen molar-refractivity contribution in [1.82, 2.24) is 0 Å². The van der Waals surface area contributed by atoms with Crippen molar-refractivity contribution >= 4 is 30.0 Å². The largest absolute Gasteiger partial charge is 0.437 e. The highest BCUT2D eigenvalue weighted by molar-refractivity contribution is 6.12. The summed E-state index contributed by atoms with van der Waals surface area (Å²) in [6.07, 6.45) is 4.63. The average Bonchev–Trinajstić information content (AvgIpc) is 2.99. The number of carbonyl (C=O) groups is 2. The lowest BCUT2D eigenvalue weighted by Crippen LogP contribution is -2.28. The van der Waals surface area contributed by atoms with Crippen LogP contribution in [0.2, 0.25) is 0 Å². The minimum absolute atomic E-state index is 0.220. The molecular weight excluding hydrogens is 340 g/mol. The van der Waals surface area contributed by atoms with Crippen LogP contribution in [-0.2, 0) is 16.0 Å². The fraction of sp³-hybridized carbons (Fsp3) is 0.227. The van der Waals surface area contributed by atoms with Gasteiger partial charge in [-0.2, -0.15) is 4.99 Å². The van der Waals surface area contributed by atoms with E-state index < -0.39 is 0 Å². The molecule has 0 N–H and O–H groups in total. The van der Waals surface area contributed by atoms with Crippen molar-refractivity contribution in [1.29, 1.82) is 0 Å². The Morgan fingerprint density at radius 3 is 2.85 bits per heavy atom. The number of aliphatic imine (C=N–C) groups is 1. The van der Waals surface area contributed by atoms with Gasteiger partial charge in [0.25, 0.3) is 12.4 Å². The van der Waals surface area contributed by atoms with E-state index in [4.69, 9.17) is 0 Å². The third-order valence-electron chi connectivity index (χ3n) is 4.39. The van der Waals surface area contributed by atoms with Crippen molar-refractivity contribution in [3.63, 3.8) is 0 Å². The van der Waals surface area contributed by atoms with Gasteiger partial charge in [-0.15, -0.1) is 0 Å². The van der Waals surface area contributed by atoms with Crippen LogP contribution < -0.4 is 4.90 Å². The molecule has 0 radical (unpaired) electrons. The Hall–Kier alpha value is -3.21. The number of amides is 1. The second-order valence-electron chi connectivity index (χ2n) is 6.45. The Morgan fingerprint density at radius 2 is 2.11 bits per heavy atom. The monoisotopic (exact) mass is 362 g/mol. The summed E-state index contributed by atoms with van der Waals surface area (Å²) in [6, 6.07) is 13.5. The van der Waals surface area contributed by atoms with Crippen molar-refractivity contribution in [2.24, 2.45) is 4.99 Å². The fourth-order valence-corrected chi connectivity index (χ4v) is 3.20. The van der Waals surface area contributed by atoms with Crippen LogP contribution in [0.25, 0.3) is 6.08 Å². The van der Waals surface area contributed by atoms with Crippen molar-refractivity contribution in [3.05, 3.63) is 71.0 Å². The summed E-state index contributed by atoms with van der Waals surface area (Å²) in [6.45, 7) is 5.25. The first-order chi connectivity index (χ1) is 13.1. The van der Waals surface area contributed by atoms with Crippen molar-refractivity contribution in [2.45, 2.75) is 26.7 Å². The highest BCUT2D eigenvalue weighted by atomic mass is 16.5. The van der Waals surface area contributed by atoms with Crippen LogP contribution in [-0.4, -0.2) is 24.8 Å². The van der Waals surface area contributed by atoms with E-state index in [-0.39, 0.29) is 5.91 Å². The standard InChI is InChI=1S/C22H22N2O3/c1-3-10-24-20-8-7-17(9-11-27-15-25)13-19(20)14-21(24)23-22(26)18-6-4-5-16(2)12-18/h4-9,11-13,15H,3,10,14H2,1-2H3/b11-9+,23-21?. The average molecular weight is 362 g/mol. The predicted octanol–water partition coefficient (Wildman–Crippen LogP) is 4.15. The van der Waals surface area contributed by atoms with Crippen LogP contribution >= 0.6 is 0 Å². The maximum absolute atomic E-state index is 12.6. The lowest BCUT2D eigenvalue weighted by atomic mass is 10.1. The number of nitrogens with zero attached hydrogens (tertiary/aromatic N) is 2. The summed E-state index contributed by atoms with van der Waals surface area (Å²) in [5, 5.41) is 0. The Morgan fingerprint density at radius 1 is 1.26 bits per heavy atom. The second-order valence-corrected chi connectivity index (χ2v) is 6.45. The van der Waals surface area contributed by atoms with Crippen LogP contribution in [0.5, 0.6) is 0 Å². The predicted molar refractivity (Wildman–Crippen MR) is 107 cm³/mol. The molecule has 2 aromatic carbocycles. The molecule has 1 heterocycles. The van der Waals surface area contributed by atoms with Gasteiger partial charge in [0.15, 0.2) is 0 Å². The number of ether oxygens (including phenoxy) is 1. The molecule has 2 aromatic rings. The van der Waals surface area contributed by atoms with Gasteiger partial charge in [-0.1, -0.05) is 30.7 Å². The number of hydrogen-bond acceptors (Lipinski definition) is 3. The minimum atomic E-state index is -0.220. The molecule has 0 atom stereocenters. The Balaban J connectivity index is 1.89. The molecular formula is C22H22N2O3. The smallest absolute Gasteiger partial charge is 0.297 e. The molecule has 1 amide bonds. The molecule has 0 saturated heterocycles. The Bertz CT molecular complexity index is 916. The highest BCUT2D eigenvalue weighted by Crippen LogP contribution is 2.31. The second kappa shape index (κ2) is 8.45. The third kappa shape index (κ3) is 4.31. The molecule has 5 heteroatoms. The minimum Gasteiger partial charge on any atom is -0.437 e. The molecule has 1 aliphatic rings. The van der Waals surface area contributed by atoms with Gasteiger partial charge < -0.3 is 9.64 Å². The molecule has 0 saturated carbocycles. The topological polar surface area (TPSA) is 59.0 Å². The lowest BCUT2D eigenvalue weighted by molar-refractivity contribution is -0.123. The van der Waals surface area contributed by atoms with Gasteiger partial charge in [0.1, 0.15) is 5.84 Å². The quantitative estimate of drug-likeness (QED) is 0.572. The number of hydrogen-bond donors (Lipinski definition) is 0. The summed E-state index contributed by atoms with van der Waals surface area (Å²) >= 11 is 0. The molecule has 0 aromatic heterocycles. The number of fused-ring (bicyclic) bond motifs is 1. The van der Waals surface area contributed by atoms with Crippen LogP contribution in [0.4, 0.5) is 5.69 Å². The lowest BCUT2D eigenvalue weighted by Gasteiger charge is -2.19. The first kappa shape index (κ1) is 18.6. The fourth-order valence-electron chi connectivity index (χ4n) is 3.20. The first-order valence-electron chi connectivity index (χ1n) is 8.97. The molecule has 3 rings (SSSR count). The Kier molecular flexibility index (Phi) is 5.81. The molecule has 0 bridgehead atoms. The molecule has 0 aliphatic carbocycles. The number of carbonyl (C=O) groups excluding carboxylic acids is 2. The maximum atomic E-state index is 12.6. The van der Waals surface area contributed by atoms with E-state index in [0.29, 0.717) is 18.5 Å². The SMILES string of the molecule is CCCN1C(=NC(=O)c2cccc(C)c2)Cc2cc(/C=C/OC=O)ccc21. The van der Waals surface area contributed by atoms with E-state index in [2.05, 4.69) is 21.6 Å². The third-order valence-corrected chi connectivity index (χ3v) is 4.39. The van der Waals surface area contributed by atoms with E-state index in [1.54, 1.807) is 12.1 Å². The zero-order valence-electron chi connectivity index (χ0n) is 15.5. The zero-order chi connectivity index (χ0) is 19.2. The Labute approximate surface area is 159 Å². The van der Waals surface area contributed by atoms with E-state index in [1.807, 2.05) is 43.3 Å². The number of anilines is 1. The highest BCUT2D eigenvalue weighted by Gasteiger charge is 2.26. The zero-order valence-corrected chi connectivity index (χ0v) is 15.5. The normalized spacial score (nSPS) is 14.6. The summed E-state index contributed by atoms with van der Waals surface area (Å²) in [5.41, 5.74) is 4.74. The summed E-state index contributed by atoms with van der Waals surface area (Å²) in [5.74, 6) is 0.547. The molecule has 138 valence electrons. The van der Waals surface area contributed by atoms with Gasteiger partial charge in [-0.25, -0.2) is 0 Å². The van der Waals surface area contributed by atoms with Gasteiger partial charge in [0, 0.05) is 24.2 Å². The molecule has 1 aliphatic heterocycles. The van der Waals surface area contributed by atoms with Gasteiger partial charge >= 0.3 is 0 Å². The van der Waals surface area contributed by atoms with E-state index in [0.717, 1.165) is 41.2 Å². The van der Waals surface area contributed by atoms with Crippen molar-refractivity contribution in [2.75, 3.05) is 11.4 Å². The van der Waals surface area contributed by atoms with E-state index >= 15 is 0 Å². The van der Waals surface area contributed by atoms with Crippen LogP contribution in [0.3, 0.4) is 0 Å². The summed E-state index contributed by atoms with van der Waals surface area (Å²) in [7, 11) is 0. The van der Waals surface area contributed by atoms with Crippen molar-refractivity contribution in [3.8, 4) is 0 Å². The van der Waals surface area contributed by atoms with Gasteiger partial charge in [-0.05, 0) is 54.8 Å². The van der Waals surface area contributed by atoms with Crippen LogP contribution in [0.1, 0.15) is 40.4 Å². The summed E-state index contributed by atoms with van der Waals surface area (Å²) < 4.78 is 4.61. The molecule has 27 heavy (non-hydrogen) atoms. The molecule has 0 fully saturated rings. The van der Waals surface area contributed by atoms with Crippen LogP contribution in [0.15, 0.2) is 53.7 Å². The molecule has 0 spiro atoms. The summed E-state index contributed by atoms with van der Waals surface area (Å²) in [4.78, 5) is 29.4. The van der Waals surface area contributed by atoms with Gasteiger partial charge in [-0.3, -0.25) is 9.59 Å². The number of rotatable bonds is 6. The van der Waals surface area contributed by atoms with Gasteiger partial charge in [0.05, 0.1) is 6.26 Å².